The average Bonchev–Trinajstić information content (AvgIpc) is 2.97. The zero-order valence-corrected chi connectivity index (χ0v) is 15.4. The SMILES string of the molecule is CCCCCCC=C[C@H]1CCC[C@@H]1CCCCCC(C)C(=O)O. The molecule has 0 aromatic rings. The van der Waals surface area contributed by atoms with E-state index in [0.717, 1.165) is 24.7 Å². The van der Waals surface area contributed by atoms with Crippen molar-refractivity contribution in [3.63, 3.8) is 0 Å². The third kappa shape index (κ3) is 9.17. The molecule has 0 saturated heterocycles. The monoisotopic (exact) mass is 322 g/mol. The molecule has 134 valence electrons. The van der Waals surface area contributed by atoms with Gasteiger partial charge in [-0.1, -0.05) is 70.9 Å². The Bertz CT molecular complexity index is 335. The van der Waals surface area contributed by atoms with Gasteiger partial charge in [-0.2, -0.15) is 0 Å². The third-order valence-corrected chi connectivity index (χ3v) is 5.46. The molecular weight excluding hydrogens is 284 g/mol. The van der Waals surface area contributed by atoms with Crippen molar-refractivity contribution in [2.45, 2.75) is 97.3 Å². The number of carboxylic acids is 1. The Balaban J connectivity index is 2.10. The fourth-order valence-corrected chi connectivity index (χ4v) is 3.79. The predicted octanol–water partition coefficient (Wildman–Crippen LogP) is 6.60. The largest absolute Gasteiger partial charge is 0.481 e. The Morgan fingerprint density at radius 3 is 2.65 bits per heavy atom. The van der Waals surface area contributed by atoms with Gasteiger partial charge in [0.1, 0.15) is 0 Å². The van der Waals surface area contributed by atoms with Crippen molar-refractivity contribution in [3.05, 3.63) is 12.2 Å². The third-order valence-electron chi connectivity index (χ3n) is 5.46. The molecular formula is C21H38O2. The first kappa shape index (κ1) is 20.3. The fraction of sp³-hybridized carbons (Fsp3) is 0.857. The maximum Gasteiger partial charge on any atom is 0.306 e. The standard InChI is InChI=1S/C21H38O2/c1-3-4-5-6-7-10-14-19-16-12-17-20(19)15-11-8-9-13-18(2)21(22)23/h10,14,18-20H,3-9,11-13,15-17H2,1-2H3,(H,22,23)/t18?,19-,20-/m0/s1. The molecule has 1 aliphatic carbocycles. The maximum absolute atomic E-state index is 10.8. The summed E-state index contributed by atoms with van der Waals surface area (Å²) in [6, 6.07) is 0. The minimum atomic E-state index is -0.648. The zero-order chi connectivity index (χ0) is 16.9. The van der Waals surface area contributed by atoms with E-state index < -0.39 is 5.97 Å². The van der Waals surface area contributed by atoms with Crippen LogP contribution in [0, 0.1) is 17.8 Å². The van der Waals surface area contributed by atoms with Crippen LogP contribution in [0.5, 0.6) is 0 Å². The average molecular weight is 323 g/mol. The van der Waals surface area contributed by atoms with Gasteiger partial charge in [-0.05, 0) is 50.4 Å². The van der Waals surface area contributed by atoms with Crippen molar-refractivity contribution >= 4 is 5.97 Å². The lowest BCUT2D eigenvalue weighted by atomic mass is 9.89. The van der Waals surface area contributed by atoms with E-state index in [4.69, 9.17) is 5.11 Å². The van der Waals surface area contributed by atoms with Gasteiger partial charge in [0.15, 0.2) is 0 Å². The van der Waals surface area contributed by atoms with Gasteiger partial charge in [0, 0.05) is 0 Å². The van der Waals surface area contributed by atoms with Crippen LogP contribution in [0.2, 0.25) is 0 Å². The van der Waals surface area contributed by atoms with Gasteiger partial charge in [-0.15, -0.1) is 0 Å². The Morgan fingerprint density at radius 1 is 1.13 bits per heavy atom. The second-order valence-electron chi connectivity index (χ2n) is 7.51. The number of hydrogen-bond acceptors (Lipinski definition) is 1. The number of carboxylic acid groups (broad SMARTS) is 1. The first-order chi connectivity index (χ1) is 11.1. The fourth-order valence-electron chi connectivity index (χ4n) is 3.79. The van der Waals surface area contributed by atoms with Crippen LogP contribution >= 0.6 is 0 Å². The molecule has 1 aliphatic rings. The van der Waals surface area contributed by atoms with Crippen molar-refractivity contribution < 1.29 is 9.90 Å². The Hall–Kier alpha value is -0.790. The lowest BCUT2D eigenvalue weighted by Gasteiger charge is -2.16. The molecule has 3 atom stereocenters. The number of allylic oxidation sites excluding steroid dienone is 2. The second kappa shape index (κ2) is 12.6. The normalized spacial score (nSPS) is 22.7. The lowest BCUT2D eigenvalue weighted by molar-refractivity contribution is -0.141. The van der Waals surface area contributed by atoms with E-state index in [-0.39, 0.29) is 5.92 Å². The summed E-state index contributed by atoms with van der Waals surface area (Å²) < 4.78 is 0. The van der Waals surface area contributed by atoms with Crippen LogP contribution in [-0.2, 0) is 4.79 Å². The Kier molecular flexibility index (Phi) is 11.1. The predicted molar refractivity (Wildman–Crippen MR) is 98.6 cm³/mol. The molecule has 0 bridgehead atoms. The van der Waals surface area contributed by atoms with Gasteiger partial charge in [0.25, 0.3) is 0 Å². The van der Waals surface area contributed by atoms with Crippen LogP contribution in [0.15, 0.2) is 12.2 Å². The highest BCUT2D eigenvalue weighted by atomic mass is 16.4. The minimum absolute atomic E-state index is 0.176. The first-order valence-corrected chi connectivity index (χ1v) is 10.0. The van der Waals surface area contributed by atoms with Gasteiger partial charge in [-0.3, -0.25) is 4.79 Å². The zero-order valence-electron chi connectivity index (χ0n) is 15.4. The number of rotatable bonds is 13. The van der Waals surface area contributed by atoms with Crippen LogP contribution in [0.4, 0.5) is 0 Å². The number of carbonyl (C=O) groups is 1. The second-order valence-corrected chi connectivity index (χ2v) is 7.51. The van der Waals surface area contributed by atoms with Crippen LogP contribution in [0.25, 0.3) is 0 Å². The van der Waals surface area contributed by atoms with E-state index in [1.807, 2.05) is 6.92 Å². The highest BCUT2D eigenvalue weighted by Gasteiger charge is 2.24. The molecule has 1 fully saturated rings. The molecule has 0 aromatic carbocycles. The van der Waals surface area contributed by atoms with Crippen LogP contribution in [0.1, 0.15) is 97.3 Å². The minimum Gasteiger partial charge on any atom is -0.481 e. The molecule has 1 saturated carbocycles. The number of aliphatic carboxylic acids is 1. The van der Waals surface area contributed by atoms with Crippen molar-refractivity contribution in [1.82, 2.24) is 0 Å². The maximum atomic E-state index is 10.8. The van der Waals surface area contributed by atoms with Gasteiger partial charge < -0.3 is 5.11 Å². The number of unbranched alkanes of at least 4 members (excludes halogenated alkanes) is 6. The van der Waals surface area contributed by atoms with Crippen molar-refractivity contribution in [3.8, 4) is 0 Å². The van der Waals surface area contributed by atoms with Gasteiger partial charge in [0.2, 0.25) is 0 Å². The Morgan fingerprint density at radius 2 is 1.91 bits per heavy atom. The smallest absolute Gasteiger partial charge is 0.306 e. The van der Waals surface area contributed by atoms with E-state index in [9.17, 15) is 4.79 Å². The van der Waals surface area contributed by atoms with Crippen LogP contribution in [0.3, 0.4) is 0 Å². The molecule has 0 heterocycles. The highest BCUT2D eigenvalue weighted by Crippen LogP contribution is 2.36. The highest BCUT2D eigenvalue weighted by molar-refractivity contribution is 5.69. The van der Waals surface area contributed by atoms with Crippen LogP contribution < -0.4 is 0 Å². The molecule has 0 spiro atoms. The van der Waals surface area contributed by atoms with Crippen molar-refractivity contribution in [2.24, 2.45) is 17.8 Å². The lowest BCUT2D eigenvalue weighted by Crippen LogP contribution is -2.09. The van der Waals surface area contributed by atoms with Gasteiger partial charge >= 0.3 is 5.97 Å². The summed E-state index contributed by atoms with van der Waals surface area (Å²) in [6.07, 6.45) is 21.5. The van der Waals surface area contributed by atoms with E-state index >= 15 is 0 Å². The molecule has 1 rings (SSSR count). The van der Waals surface area contributed by atoms with Crippen molar-refractivity contribution in [1.29, 1.82) is 0 Å². The molecule has 1 unspecified atom stereocenters. The summed E-state index contributed by atoms with van der Waals surface area (Å²) >= 11 is 0. The molecule has 0 aromatic heterocycles. The quantitative estimate of drug-likeness (QED) is 0.306. The number of hydrogen-bond donors (Lipinski definition) is 1. The van der Waals surface area contributed by atoms with E-state index in [0.29, 0.717) is 0 Å². The summed E-state index contributed by atoms with van der Waals surface area (Å²) in [7, 11) is 0. The molecule has 1 N–H and O–H groups in total. The summed E-state index contributed by atoms with van der Waals surface area (Å²) in [4.78, 5) is 10.8. The molecule has 2 nitrogen and oxygen atoms in total. The first-order valence-electron chi connectivity index (χ1n) is 10.0. The van der Waals surface area contributed by atoms with Crippen molar-refractivity contribution in [2.75, 3.05) is 0 Å². The van der Waals surface area contributed by atoms with E-state index in [2.05, 4.69) is 19.1 Å². The summed E-state index contributed by atoms with van der Waals surface area (Å²) in [5.41, 5.74) is 0. The molecule has 0 radical (unpaired) electrons. The topological polar surface area (TPSA) is 37.3 Å². The molecule has 0 amide bonds. The summed E-state index contributed by atoms with van der Waals surface area (Å²) in [5, 5.41) is 8.89. The molecule has 2 heteroatoms. The Labute approximate surface area is 143 Å². The summed E-state index contributed by atoms with van der Waals surface area (Å²) in [5.74, 6) is 0.882. The van der Waals surface area contributed by atoms with Gasteiger partial charge in [-0.25, -0.2) is 0 Å². The van der Waals surface area contributed by atoms with Gasteiger partial charge in [0.05, 0.1) is 5.92 Å². The summed E-state index contributed by atoms with van der Waals surface area (Å²) in [6.45, 7) is 4.09. The van der Waals surface area contributed by atoms with E-state index in [1.165, 1.54) is 70.6 Å². The van der Waals surface area contributed by atoms with Crippen LogP contribution in [-0.4, -0.2) is 11.1 Å². The van der Waals surface area contributed by atoms with E-state index in [1.54, 1.807) is 0 Å². The molecule has 0 aliphatic heterocycles. The molecule has 23 heavy (non-hydrogen) atoms.